The Morgan fingerprint density at radius 3 is 2.64 bits per heavy atom. The van der Waals surface area contributed by atoms with E-state index in [9.17, 15) is 14.4 Å². The van der Waals surface area contributed by atoms with Crippen LogP contribution in [0.5, 0.6) is 0 Å². The summed E-state index contributed by atoms with van der Waals surface area (Å²) in [5.74, 6) is -0.648. The van der Waals surface area contributed by atoms with Crippen LogP contribution in [0.15, 0.2) is 59.2 Å². The summed E-state index contributed by atoms with van der Waals surface area (Å²) >= 11 is 0. The molecule has 2 aromatic rings. The van der Waals surface area contributed by atoms with E-state index in [1.54, 1.807) is 43.3 Å². The number of rotatable bonds is 5. The van der Waals surface area contributed by atoms with Crippen LogP contribution < -0.4 is 10.7 Å². The first-order valence-corrected chi connectivity index (χ1v) is 7.81. The summed E-state index contributed by atoms with van der Waals surface area (Å²) in [6.45, 7) is 1.80. The molecular formula is C18H17N3O4. The topological polar surface area (TPSA) is 91.7 Å². The summed E-state index contributed by atoms with van der Waals surface area (Å²) in [5.41, 5.74) is 1.79. The van der Waals surface area contributed by atoms with E-state index >= 15 is 0 Å². The molecule has 1 saturated heterocycles. The highest BCUT2D eigenvalue weighted by atomic mass is 16.3. The molecule has 3 rings (SSSR count). The zero-order chi connectivity index (χ0) is 17.9. The number of imide groups is 1. The number of nitrogens with one attached hydrogen (secondary N) is 2. The van der Waals surface area contributed by atoms with Crippen molar-refractivity contribution in [2.75, 3.05) is 0 Å². The van der Waals surface area contributed by atoms with Crippen LogP contribution in [-0.2, 0) is 15.1 Å². The molecule has 0 spiro atoms. The number of nitrogens with zero attached hydrogens (tertiary/aromatic N) is 1. The molecule has 1 fully saturated rings. The molecule has 1 aromatic carbocycles. The number of benzene rings is 1. The van der Waals surface area contributed by atoms with Crippen molar-refractivity contribution in [1.82, 2.24) is 15.8 Å². The minimum Gasteiger partial charge on any atom is -0.465 e. The summed E-state index contributed by atoms with van der Waals surface area (Å²) in [7, 11) is 0. The highest BCUT2D eigenvalue weighted by Crippen LogP contribution is 2.31. The fourth-order valence-corrected chi connectivity index (χ4v) is 2.73. The average Bonchev–Trinajstić information content (AvgIpc) is 3.23. The third kappa shape index (κ3) is 3.03. The van der Waals surface area contributed by atoms with Gasteiger partial charge in [-0.05, 0) is 30.2 Å². The van der Waals surface area contributed by atoms with Gasteiger partial charge in [-0.15, -0.1) is 0 Å². The van der Waals surface area contributed by atoms with Crippen LogP contribution in [0.3, 0.4) is 0 Å². The van der Waals surface area contributed by atoms with Gasteiger partial charge in [0.25, 0.3) is 11.8 Å². The third-order valence-electron chi connectivity index (χ3n) is 4.05. The maximum atomic E-state index is 12.8. The average molecular weight is 339 g/mol. The Hall–Kier alpha value is -3.35. The Morgan fingerprint density at radius 1 is 1.24 bits per heavy atom. The van der Waals surface area contributed by atoms with Crippen molar-refractivity contribution in [2.24, 2.45) is 0 Å². The summed E-state index contributed by atoms with van der Waals surface area (Å²) in [6.07, 6.45) is 4.46. The van der Waals surface area contributed by atoms with E-state index in [-0.39, 0.29) is 0 Å². The van der Waals surface area contributed by atoms with Gasteiger partial charge in [-0.2, -0.15) is 5.01 Å². The highest BCUT2D eigenvalue weighted by molar-refractivity contribution is 6.09. The normalized spacial score (nSPS) is 20.1. The van der Waals surface area contributed by atoms with Gasteiger partial charge < -0.3 is 9.73 Å². The smallest absolute Gasteiger partial charge is 0.344 e. The van der Waals surface area contributed by atoms with Gasteiger partial charge >= 0.3 is 6.03 Å². The second-order valence-electron chi connectivity index (χ2n) is 5.52. The van der Waals surface area contributed by atoms with Crippen LogP contribution in [-0.4, -0.2) is 22.9 Å². The van der Waals surface area contributed by atoms with Gasteiger partial charge in [0.15, 0.2) is 0 Å². The van der Waals surface area contributed by atoms with Gasteiger partial charge in [-0.25, -0.2) is 4.79 Å². The van der Waals surface area contributed by atoms with Crippen LogP contribution in [0.4, 0.5) is 4.79 Å². The first-order chi connectivity index (χ1) is 12.1. The quantitative estimate of drug-likeness (QED) is 0.645. The largest absolute Gasteiger partial charge is 0.465 e. The predicted molar refractivity (Wildman–Crippen MR) is 89.7 cm³/mol. The van der Waals surface area contributed by atoms with Crippen molar-refractivity contribution >= 4 is 23.9 Å². The van der Waals surface area contributed by atoms with Crippen molar-refractivity contribution < 1.29 is 18.8 Å². The Balaban J connectivity index is 1.78. The Bertz CT molecular complexity index is 814. The van der Waals surface area contributed by atoms with Gasteiger partial charge in [0.05, 0.1) is 6.26 Å². The Labute approximate surface area is 144 Å². The number of hydrazine groups is 1. The van der Waals surface area contributed by atoms with E-state index < -0.39 is 23.4 Å². The fraction of sp³-hybridized carbons (Fsp3) is 0.167. The van der Waals surface area contributed by atoms with Crippen LogP contribution >= 0.6 is 0 Å². The fourth-order valence-electron chi connectivity index (χ4n) is 2.73. The van der Waals surface area contributed by atoms with Gasteiger partial charge in [-0.3, -0.25) is 15.0 Å². The van der Waals surface area contributed by atoms with Crippen molar-refractivity contribution in [3.63, 3.8) is 0 Å². The summed E-state index contributed by atoms with van der Waals surface area (Å²) in [5, 5.41) is 3.40. The van der Waals surface area contributed by atoms with Crippen LogP contribution in [0, 0.1) is 0 Å². The molecule has 4 amide bonds. The standard InChI is InChI=1S/C18H17N3O4/c1-2-18(13-7-4-3-5-8-13)16(23)21(17(24)19-18)20-15(22)11-10-14-9-6-12-25-14/h3-12H,2H2,1H3,(H,19,24)(H,20,22)/b11-10+/t18-/m1/s1. The number of amides is 4. The predicted octanol–water partition coefficient (Wildman–Crippen LogP) is 2.18. The van der Waals surface area contributed by atoms with Crippen molar-refractivity contribution in [3.8, 4) is 0 Å². The molecule has 2 heterocycles. The zero-order valence-electron chi connectivity index (χ0n) is 13.6. The maximum Gasteiger partial charge on any atom is 0.344 e. The molecule has 0 unspecified atom stereocenters. The Kier molecular flexibility index (Phi) is 4.38. The second kappa shape index (κ2) is 6.64. The first-order valence-electron chi connectivity index (χ1n) is 7.81. The van der Waals surface area contributed by atoms with E-state index in [1.165, 1.54) is 18.4 Å². The van der Waals surface area contributed by atoms with Gasteiger partial charge in [0.1, 0.15) is 11.3 Å². The number of carbonyl (C=O) groups is 3. The number of hydrogen-bond acceptors (Lipinski definition) is 4. The molecule has 1 aromatic heterocycles. The Morgan fingerprint density at radius 2 is 2.00 bits per heavy atom. The number of hydrogen-bond donors (Lipinski definition) is 2. The summed E-state index contributed by atoms with van der Waals surface area (Å²) < 4.78 is 5.08. The van der Waals surface area contributed by atoms with Gasteiger partial charge in [0.2, 0.25) is 0 Å². The number of furan rings is 1. The number of urea groups is 1. The molecule has 0 saturated carbocycles. The van der Waals surface area contributed by atoms with E-state index in [2.05, 4.69) is 10.7 Å². The maximum absolute atomic E-state index is 12.8. The summed E-state index contributed by atoms with van der Waals surface area (Å²) in [4.78, 5) is 37.1. The molecule has 1 aliphatic rings. The molecule has 2 N–H and O–H groups in total. The molecule has 128 valence electrons. The van der Waals surface area contributed by atoms with Crippen LogP contribution in [0.1, 0.15) is 24.7 Å². The number of carbonyl (C=O) groups excluding carboxylic acids is 3. The monoisotopic (exact) mass is 339 g/mol. The third-order valence-corrected chi connectivity index (χ3v) is 4.05. The SMILES string of the molecule is CC[C@]1(c2ccccc2)NC(=O)N(NC(=O)/C=C/c2ccco2)C1=O. The molecule has 25 heavy (non-hydrogen) atoms. The van der Waals surface area contributed by atoms with Gasteiger partial charge in [-0.1, -0.05) is 37.3 Å². The summed E-state index contributed by atoms with van der Waals surface area (Å²) in [6, 6.07) is 11.6. The van der Waals surface area contributed by atoms with Gasteiger partial charge in [0, 0.05) is 6.08 Å². The highest BCUT2D eigenvalue weighted by Gasteiger charge is 2.52. The first kappa shape index (κ1) is 16.5. The minimum atomic E-state index is -1.18. The van der Waals surface area contributed by atoms with E-state index in [0.29, 0.717) is 22.8 Å². The van der Waals surface area contributed by atoms with Crippen LogP contribution in [0.25, 0.3) is 6.08 Å². The molecule has 7 heteroatoms. The molecule has 7 nitrogen and oxygen atoms in total. The molecule has 1 atom stereocenters. The van der Waals surface area contributed by atoms with Crippen molar-refractivity contribution in [2.45, 2.75) is 18.9 Å². The lowest BCUT2D eigenvalue weighted by Gasteiger charge is -2.25. The molecular weight excluding hydrogens is 322 g/mol. The second-order valence-corrected chi connectivity index (χ2v) is 5.52. The molecule has 1 aliphatic heterocycles. The molecule has 0 aliphatic carbocycles. The van der Waals surface area contributed by atoms with E-state index in [4.69, 9.17) is 4.42 Å². The van der Waals surface area contributed by atoms with E-state index in [0.717, 1.165) is 0 Å². The minimum absolute atomic E-state index is 0.357. The lowest BCUT2D eigenvalue weighted by Crippen LogP contribution is -2.48. The molecule has 0 bridgehead atoms. The van der Waals surface area contributed by atoms with Crippen molar-refractivity contribution in [3.05, 3.63) is 66.1 Å². The zero-order valence-corrected chi connectivity index (χ0v) is 13.6. The van der Waals surface area contributed by atoms with Crippen LogP contribution in [0.2, 0.25) is 0 Å². The lowest BCUT2D eigenvalue weighted by molar-refractivity contribution is -0.138. The van der Waals surface area contributed by atoms with E-state index in [1.807, 2.05) is 6.07 Å². The van der Waals surface area contributed by atoms with Crippen molar-refractivity contribution in [1.29, 1.82) is 0 Å². The lowest BCUT2D eigenvalue weighted by atomic mass is 9.87. The molecule has 0 radical (unpaired) electrons.